The van der Waals surface area contributed by atoms with Crippen LogP contribution in [0.15, 0.2) is 54.6 Å². The van der Waals surface area contributed by atoms with E-state index >= 15 is 0 Å². The van der Waals surface area contributed by atoms with E-state index in [0.29, 0.717) is 17.9 Å². The second kappa shape index (κ2) is 6.42. The Kier molecular flexibility index (Phi) is 4.35. The maximum Gasteiger partial charge on any atom is 0.253 e. The smallest absolute Gasteiger partial charge is 0.253 e. The van der Waals surface area contributed by atoms with Gasteiger partial charge in [0.2, 0.25) is 0 Å². The minimum Gasteiger partial charge on any atom is -0.497 e. The van der Waals surface area contributed by atoms with Gasteiger partial charge in [0, 0.05) is 12.0 Å². The second-order valence-electron chi connectivity index (χ2n) is 6.04. The molecule has 0 heterocycles. The van der Waals surface area contributed by atoms with Crippen molar-refractivity contribution in [3.63, 3.8) is 0 Å². The summed E-state index contributed by atoms with van der Waals surface area (Å²) in [7, 11) is 1.56. The summed E-state index contributed by atoms with van der Waals surface area (Å²) in [6, 6.07) is 17.1. The van der Waals surface area contributed by atoms with Gasteiger partial charge in [-0.1, -0.05) is 42.5 Å². The Bertz CT molecular complexity index is 680. The number of aliphatic hydroxyl groups is 1. The van der Waals surface area contributed by atoms with Crippen molar-refractivity contribution < 1.29 is 14.6 Å². The Hall–Kier alpha value is -2.33. The molecule has 1 aliphatic rings. The number of rotatable bonds is 6. The fraction of sp³-hybridized carbons (Fsp3) is 0.316. The number of benzene rings is 2. The zero-order valence-electron chi connectivity index (χ0n) is 13.2. The van der Waals surface area contributed by atoms with Crippen molar-refractivity contribution in [3.05, 3.63) is 65.7 Å². The first-order chi connectivity index (χ1) is 11.1. The second-order valence-corrected chi connectivity index (χ2v) is 6.04. The van der Waals surface area contributed by atoms with Crippen LogP contribution in [-0.4, -0.2) is 24.7 Å². The van der Waals surface area contributed by atoms with Crippen molar-refractivity contribution in [2.45, 2.75) is 24.4 Å². The number of ether oxygens (including phenoxy) is 1. The van der Waals surface area contributed by atoms with E-state index in [1.54, 1.807) is 31.4 Å². The highest BCUT2D eigenvalue weighted by molar-refractivity contribution is 5.82. The van der Waals surface area contributed by atoms with Crippen molar-refractivity contribution in [1.29, 1.82) is 0 Å². The van der Waals surface area contributed by atoms with Gasteiger partial charge in [-0.15, -0.1) is 0 Å². The van der Waals surface area contributed by atoms with E-state index < -0.39 is 6.10 Å². The Morgan fingerprint density at radius 1 is 1.22 bits per heavy atom. The van der Waals surface area contributed by atoms with Gasteiger partial charge in [-0.05, 0) is 36.1 Å². The lowest BCUT2D eigenvalue weighted by molar-refractivity contribution is -0.129. The zero-order valence-corrected chi connectivity index (χ0v) is 13.2. The third-order valence-electron chi connectivity index (χ3n) is 4.50. The number of hydrogen-bond donors (Lipinski definition) is 2. The highest BCUT2D eigenvalue weighted by Gasteiger charge is 2.44. The fourth-order valence-corrected chi connectivity index (χ4v) is 2.83. The largest absolute Gasteiger partial charge is 0.497 e. The topological polar surface area (TPSA) is 58.6 Å². The van der Waals surface area contributed by atoms with E-state index in [-0.39, 0.29) is 11.3 Å². The van der Waals surface area contributed by atoms with Crippen LogP contribution in [0.4, 0.5) is 0 Å². The van der Waals surface area contributed by atoms with Crippen molar-refractivity contribution in [2.24, 2.45) is 0 Å². The normalized spacial score (nSPS) is 16.4. The van der Waals surface area contributed by atoms with Crippen LogP contribution < -0.4 is 10.1 Å². The summed E-state index contributed by atoms with van der Waals surface area (Å²) in [6.45, 7) is 0.552. The summed E-state index contributed by atoms with van der Waals surface area (Å²) in [5, 5.41) is 13.1. The summed E-state index contributed by atoms with van der Waals surface area (Å²) < 4.78 is 5.12. The van der Waals surface area contributed by atoms with Gasteiger partial charge in [-0.25, -0.2) is 0 Å². The molecule has 2 aromatic rings. The number of carbonyl (C=O) groups is 1. The molecule has 1 atom stereocenters. The molecule has 1 unspecified atom stereocenters. The lowest BCUT2D eigenvalue weighted by Crippen LogP contribution is -2.35. The number of methoxy groups -OCH3 is 1. The summed E-state index contributed by atoms with van der Waals surface area (Å²) in [5.74, 6) is 0.248. The first kappa shape index (κ1) is 15.6. The first-order valence-corrected chi connectivity index (χ1v) is 7.80. The molecule has 0 spiro atoms. The van der Waals surface area contributed by atoms with Crippen molar-refractivity contribution in [1.82, 2.24) is 5.32 Å². The molecular formula is C19H21NO3. The molecule has 4 heteroatoms. The lowest BCUT2D eigenvalue weighted by atomic mass is 9.96. The molecule has 4 nitrogen and oxygen atoms in total. The molecule has 2 aromatic carbocycles. The molecule has 23 heavy (non-hydrogen) atoms. The van der Waals surface area contributed by atoms with E-state index in [4.69, 9.17) is 4.74 Å². The Morgan fingerprint density at radius 3 is 2.61 bits per heavy atom. The van der Waals surface area contributed by atoms with Crippen LogP contribution in [0.25, 0.3) is 0 Å². The molecule has 3 rings (SSSR count). The quantitative estimate of drug-likeness (QED) is 0.862. The van der Waals surface area contributed by atoms with E-state index in [9.17, 15) is 9.90 Å². The zero-order chi connectivity index (χ0) is 16.3. The van der Waals surface area contributed by atoms with Gasteiger partial charge in [0.05, 0.1) is 7.11 Å². The molecule has 0 bridgehead atoms. The van der Waals surface area contributed by atoms with Crippen molar-refractivity contribution in [2.75, 3.05) is 13.7 Å². The molecule has 1 amide bonds. The average Bonchev–Trinajstić information content (AvgIpc) is 3.41. The number of nitrogens with one attached hydrogen (secondary N) is 1. The molecule has 1 saturated carbocycles. The van der Waals surface area contributed by atoms with Crippen LogP contribution in [-0.2, 0) is 10.2 Å². The maximum atomic E-state index is 12.2. The lowest BCUT2D eigenvalue weighted by Gasteiger charge is -2.18. The van der Waals surface area contributed by atoms with Gasteiger partial charge in [-0.2, -0.15) is 0 Å². The predicted molar refractivity (Wildman–Crippen MR) is 88.3 cm³/mol. The predicted octanol–water partition coefficient (Wildman–Crippen LogP) is 2.58. The van der Waals surface area contributed by atoms with Crippen molar-refractivity contribution >= 4 is 5.91 Å². The SMILES string of the molecule is COc1cccc(C(O)C(=O)NCC2(c3ccccc3)CC2)c1. The Morgan fingerprint density at radius 2 is 1.96 bits per heavy atom. The highest BCUT2D eigenvalue weighted by atomic mass is 16.5. The first-order valence-electron chi connectivity index (χ1n) is 7.80. The number of hydrogen-bond acceptors (Lipinski definition) is 3. The van der Waals surface area contributed by atoms with Gasteiger partial charge in [-0.3, -0.25) is 4.79 Å². The van der Waals surface area contributed by atoms with Gasteiger partial charge in [0.1, 0.15) is 5.75 Å². The van der Waals surface area contributed by atoms with Gasteiger partial charge in [0.25, 0.3) is 5.91 Å². The van der Waals surface area contributed by atoms with Crippen LogP contribution in [0, 0.1) is 0 Å². The summed E-state index contributed by atoms with van der Waals surface area (Å²) in [4.78, 5) is 12.2. The van der Waals surface area contributed by atoms with Crippen LogP contribution in [0.5, 0.6) is 5.75 Å². The standard InChI is InChI=1S/C19H21NO3/c1-23-16-9-5-6-14(12-16)17(21)18(22)20-13-19(10-11-19)15-7-3-2-4-8-15/h2-9,12,17,21H,10-11,13H2,1H3,(H,20,22). The van der Waals surface area contributed by atoms with E-state index in [1.807, 2.05) is 18.2 Å². The summed E-state index contributed by atoms with van der Waals surface area (Å²) >= 11 is 0. The van der Waals surface area contributed by atoms with Crippen LogP contribution in [0.2, 0.25) is 0 Å². The highest BCUT2D eigenvalue weighted by Crippen LogP contribution is 2.47. The van der Waals surface area contributed by atoms with E-state index in [2.05, 4.69) is 17.4 Å². The molecule has 1 fully saturated rings. The third kappa shape index (κ3) is 3.37. The van der Waals surface area contributed by atoms with Gasteiger partial charge < -0.3 is 15.2 Å². The number of carbonyl (C=O) groups excluding carboxylic acids is 1. The van der Waals surface area contributed by atoms with E-state index in [0.717, 1.165) is 12.8 Å². The average molecular weight is 311 g/mol. The number of amides is 1. The van der Waals surface area contributed by atoms with Gasteiger partial charge >= 0.3 is 0 Å². The van der Waals surface area contributed by atoms with Crippen molar-refractivity contribution in [3.8, 4) is 5.75 Å². The fourth-order valence-electron chi connectivity index (χ4n) is 2.83. The molecule has 2 N–H and O–H groups in total. The molecule has 0 aromatic heterocycles. The van der Waals surface area contributed by atoms with Gasteiger partial charge in [0.15, 0.2) is 6.10 Å². The maximum absolute atomic E-state index is 12.2. The molecule has 1 aliphatic carbocycles. The monoisotopic (exact) mass is 311 g/mol. The van der Waals surface area contributed by atoms with Crippen LogP contribution >= 0.6 is 0 Å². The van der Waals surface area contributed by atoms with Crippen LogP contribution in [0.3, 0.4) is 0 Å². The Balaban J connectivity index is 1.63. The molecular weight excluding hydrogens is 290 g/mol. The van der Waals surface area contributed by atoms with Crippen LogP contribution in [0.1, 0.15) is 30.1 Å². The summed E-state index contributed by atoms with van der Waals surface area (Å²) in [5.41, 5.74) is 1.81. The molecule has 0 saturated heterocycles. The molecule has 0 radical (unpaired) electrons. The number of aliphatic hydroxyl groups excluding tert-OH is 1. The van der Waals surface area contributed by atoms with E-state index in [1.165, 1.54) is 5.56 Å². The minimum absolute atomic E-state index is 0.0328. The molecule has 0 aliphatic heterocycles. The summed E-state index contributed by atoms with van der Waals surface area (Å²) in [6.07, 6.45) is 0.940. The molecule has 120 valence electrons. The Labute approximate surface area is 136 Å². The minimum atomic E-state index is -1.18. The third-order valence-corrected chi connectivity index (χ3v) is 4.50.